The van der Waals surface area contributed by atoms with Crippen molar-refractivity contribution in [3.63, 3.8) is 0 Å². The maximum Gasteiger partial charge on any atom is 0.151 e. The summed E-state index contributed by atoms with van der Waals surface area (Å²) < 4.78 is 9.58. The molecule has 0 aromatic carbocycles. The van der Waals surface area contributed by atoms with Crippen LogP contribution in [0, 0.1) is 0 Å². The molecule has 0 rings (SSSR count). The fourth-order valence-electron chi connectivity index (χ4n) is 1.02. The van der Waals surface area contributed by atoms with Crippen molar-refractivity contribution in [2.75, 3.05) is 26.9 Å². The average molecular weight is 238 g/mol. The summed E-state index contributed by atoms with van der Waals surface area (Å²) >= 11 is 0. The molecular formula is C9H18O7. The number of methoxy groups -OCH3 is 1. The molecule has 0 radical (unpaired) electrons. The topological polar surface area (TPSA) is 116 Å². The van der Waals surface area contributed by atoms with Crippen LogP contribution in [0.1, 0.15) is 0 Å². The minimum absolute atomic E-state index is 0.0684. The van der Waals surface area contributed by atoms with Gasteiger partial charge in [0.2, 0.25) is 0 Å². The predicted molar refractivity (Wildman–Crippen MR) is 52.8 cm³/mol. The van der Waals surface area contributed by atoms with Crippen LogP contribution in [0.25, 0.3) is 0 Å². The molecule has 0 amide bonds. The van der Waals surface area contributed by atoms with Gasteiger partial charge in [-0.2, -0.15) is 0 Å². The SMILES string of the molecule is COCCO[C@@H](C=O)[C@@H](O)[C@H](O)[C@H](O)CO. The largest absolute Gasteiger partial charge is 0.394 e. The van der Waals surface area contributed by atoms with Gasteiger partial charge in [-0.3, -0.25) is 0 Å². The van der Waals surface area contributed by atoms with E-state index in [1.165, 1.54) is 7.11 Å². The van der Waals surface area contributed by atoms with Gasteiger partial charge in [0, 0.05) is 7.11 Å². The van der Waals surface area contributed by atoms with E-state index in [1.807, 2.05) is 0 Å². The normalized spacial score (nSPS) is 18.8. The number of rotatable bonds is 9. The molecule has 0 heterocycles. The van der Waals surface area contributed by atoms with Crippen LogP contribution in [0.4, 0.5) is 0 Å². The smallest absolute Gasteiger partial charge is 0.151 e. The molecule has 0 aliphatic rings. The number of ether oxygens (including phenoxy) is 2. The summed E-state index contributed by atoms with van der Waals surface area (Å²) in [5.74, 6) is 0. The number of hydrogen-bond donors (Lipinski definition) is 4. The second kappa shape index (κ2) is 8.57. The number of aliphatic hydroxyl groups excluding tert-OH is 4. The van der Waals surface area contributed by atoms with Crippen molar-refractivity contribution in [2.45, 2.75) is 24.4 Å². The van der Waals surface area contributed by atoms with Crippen LogP contribution < -0.4 is 0 Å². The lowest BCUT2D eigenvalue weighted by Crippen LogP contribution is -2.47. The quantitative estimate of drug-likeness (QED) is 0.255. The van der Waals surface area contributed by atoms with Gasteiger partial charge >= 0.3 is 0 Å². The minimum Gasteiger partial charge on any atom is -0.394 e. The van der Waals surface area contributed by atoms with Gasteiger partial charge in [0.15, 0.2) is 6.29 Å². The van der Waals surface area contributed by atoms with Gasteiger partial charge in [-0.05, 0) is 0 Å². The predicted octanol–water partition coefficient (Wildman–Crippen LogP) is -2.71. The van der Waals surface area contributed by atoms with E-state index in [2.05, 4.69) is 4.74 Å². The number of carbonyl (C=O) groups excluding carboxylic acids is 1. The van der Waals surface area contributed by atoms with Crippen molar-refractivity contribution in [1.29, 1.82) is 0 Å². The molecule has 0 unspecified atom stereocenters. The Labute approximate surface area is 93.2 Å². The molecule has 16 heavy (non-hydrogen) atoms. The van der Waals surface area contributed by atoms with Gasteiger partial charge in [-0.15, -0.1) is 0 Å². The zero-order chi connectivity index (χ0) is 12.6. The number of carbonyl (C=O) groups is 1. The Hall–Kier alpha value is -0.570. The van der Waals surface area contributed by atoms with Crippen molar-refractivity contribution in [3.8, 4) is 0 Å². The third-order valence-corrected chi connectivity index (χ3v) is 2.00. The van der Waals surface area contributed by atoms with E-state index in [-0.39, 0.29) is 13.2 Å². The van der Waals surface area contributed by atoms with Crippen molar-refractivity contribution in [2.24, 2.45) is 0 Å². The van der Waals surface area contributed by atoms with Crippen molar-refractivity contribution < 1.29 is 34.7 Å². The van der Waals surface area contributed by atoms with Gasteiger partial charge < -0.3 is 34.7 Å². The first-order chi connectivity index (χ1) is 7.58. The molecule has 0 saturated carbocycles. The summed E-state index contributed by atoms with van der Waals surface area (Å²) in [6, 6.07) is 0. The Morgan fingerprint density at radius 3 is 2.25 bits per heavy atom. The Bertz CT molecular complexity index is 187. The van der Waals surface area contributed by atoms with E-state index >= 15 is 0 Å². The van der Waals surface area contributed by atoms with Gasteiger partial charge in [-0.25, -0.2) is 0 Å². The van der Waals surface area contributed by atoms with Crippen molar-refractivity contribution in [3.05, 3.63) is 0 Å². The first-order valence-electron chi connectivity index (χ1n) is 4.79. The molecule has 0 aromatic heterocycles. The molecule has 0 aromatic rings. The molecule has 0 aliphatic heterocycles. The third-order valence-electron chi connectivity index (χ3n) is 2.00. The maximum absolute atomic E-state index is 10.6. The second-order valence-corrected chi connectivity index (χ2v) is 3.20. The summed E-state index contributed by atoms with van der Waals surface area (Å²) in [7, 11) is 1.44. The van der Waals surface area contributed by atoms with Crippen LogP contribution in [0.15, 0.2) is 0 Å². The lowest BCUT2D eigenvalue weighted by Gasteiger charge is -2.25. The average Bonchev–Trinajstić information content (AvgIpc) is 2.32. The Morgan fingerprint density at radius 1 is 1.19 bits per heavy atom. The lowest BCUT2D eigenvalue weighted by molar-refractivity contribution is -0.147. The molecule has 0 spiro atoms. The van der Waals surface area contributed by atoms with Crippen LogP contribution >= 0.6 is 0 Å². The fraction of sp³-hybridized carbons (Fsp3) is 0.889. The molecule has 4 atom stereocenters. The molecule has 7 nitrogen and oxygen atoms in total. The van der Waals surface area contributed by atoms with Gasteiger partial charge in [0.25, 0.3) is 0 Å². The van der Waals surface area contributed by atoms with Crippen molar-refractivity contribution in [1.82, 2.24) is 0 Å². The zero-order valence-electron chi connectivity index (χ0n) is 9.02. The summed E-state index contributed by atoms with van der Waals surface area (Å²) in [5, 5.41) is 36.4. The van der Waals surface area contributed by atoms with E-state index in [1.54, 1.807) is 0 Å². The minimum atomic E-state index is -1.65. The Kier molecular flexibility index (Phi) is 8.26. The van der Waals surface area contributed by atoms with Crippen molar-refractivity contribution >= 4 is 6.29 Å². The lowest BCUT2D eigenvalue weighted by atomic mass is 10.0. The molecule has 0 saturated heterocycles. The highest BCUT2D eigenvalue weighted by atomic mass is 16.5. The fourth-order valence-corrected chi connectivity index (χ4v) is 1.02. The molecule has 7 heteroatoms. The van der Waals surface area contributed by atoms with Gasteiger partial charge in [-0.1, -0.05) is 0 Å². The van der Waals surface area contributed by atoms with E-state index in [4.69, 9.17) is 14.9 Å². The molecule has 96 valence electrons. The summed E-state index contributed by atoms with van der Waals surface area (Å²) in [4.78, 5) is 10.6. The van der Waals surface area contributed by atoms with Crippen LogP contribution in [-0.4, -0.2) is 78.1 Å². The Balaban J connectivity index is 4.17. The molecule has 4 N–H and O–H groups in total. The molecule has 0 aliphatic carbocycles. The van der Waals surface area contributed by atoms with Gasteiger partial charge in [0.1, 0.15) is 24.4 Å². The molecule has 0 fully saturated rings. The standard InChI is InChI=1S/C9H18O7/c1-15-2-3-16-7(5-11)9(14)8(13)6(12)4-10/h5-10,12-14H,2-4H2,1H3/t6-,7+,8-,9-/m1/s1. The van der Waals surface area contributed by atoms with Crippen LogP contribution in [0.3, 0.4) is 0 Å². The van der Waals surface area contributed by atoms with E-state index in [0.717, 1.165) is 0 Å². The summed E-state index contributed by atoms with van der Waals surface area (Å²) in [5.41, 5.74) is 0. The van der Waals surface area contributed by atoms with Crippen LogP contribution in [-0.2, 0) is 14.3 Å². The van der Waals surface area contributed by atoms with E-state index < -0.39 is 31.0 Å². The van der Waals surface area contributed by atoms with E-state index in [0.29, 0.717) is 6.29 Å². The highest BCUT2D eigenvalue weighted by Crippen LogP contribution is 2.06. The molecule has 0 bridgehead atoms. The monoisotopic (exact) mass is 238 g/mol. The number of aldehydes is 1. The zero-order valence-corrected chi connectivity index (χ0v) is 9.02. The number of aliphatic hydroxyl groups is 4. The number of hydrogen-bond acceptors (Lipinski definition) is 7. The second-order valence-electron chi connectivity index (χ2n) is 3.20. The molecular weight excluding hydrogens is 220 g/mol. The van der Waals surface area contributed by atoms with Crippen LogP contribution in [0.5, 0.6) is 0 Å². The maximum atomic E-state index is 10.6. The van der Waals surface area contributed by atoms with Gasteiger partial charge in [0.05, 0.1) is 19.8 Å². The highest BCUT2D eigenvalue weighted by Gasteiger charge is 2.31. The first-order valence-corrected chi connectivity index (χ1v) is 4.79. The first kappa shape index (κ1) is 15.4. The highest BCUT2D eigenvalue weighted by molar-refractivity contribution is 5.57. The summed E-state index contributed by atoms with van der Waals surface area (Å²) in [6.45, 7) is -0.420. The Morgan fingerprint density at radius 2 is 1.81 bits per heavy atom. The van der Waals surface area contributed by atoms with Crippen LogP contribution in [0.2, 0.25) is 0 Å². The summed E-state index contributed by atoms with van der Waals surface area (Å²) in [6.07, 6.45) is -5.73. The van der Waals surface area contributed by atoms with E-state index in [9.17, 15) is 15.0 Å². The third kappa shape index (κ3) is 4.97.